The minimum atomic E-state index is -0.438. The van der Waals surface area contributed by atoms with Crippen LogP contribution < -0.4 is 20.5 Å². The minimum absolute atomic E-state index is 0.101. The van der Waals surface area contributed by atoms with E-state index in [4.69, 9.17) is 19.6 Å². The molecule has 0 unspecified atom stereocenters. The highest BCUT2D eigenvalue weighted by molar-refractivity contribution is 7.99. The molecule has 0 bridgehead atoms. The molecular formula is C24H27N5O5S. The molecule has 3 heterocycles. The number of amides is 2. The number of nitrogens with two attached hydrogens (primary N) is 1. The lowest BCUT2D eigenvalue weighted by Gasteiger charge is -2.32. The van der Waals surface area contributed by atoms with Crippen LogP contribution in [0.4, 0.5) is 0 Å². The van der Waals surface area contributed by atoms with Crippen molar-refractivity contribution < 1.29 is 23.5 Å². The first kappa shape index (κ1) is 23.3. The number of carbonyl (C=O) groups is 2. The van der Waals surface area contributed by atoms with Crippen molar-refractivity contribution in [3.05, 3.63) is 42.2 Å². The first-order chi connectivity index (χ1) is 17.0. The second-order valence-electron chi connectivity index (χ2n) is 8.64. The van der Waals surface area contributed by atoms with E-state index in [0.717, 1.165) is 42.7 Å². The third kappa shape index (κ3) is 5.00. The van der Waals surface area contributed by atoms with Crippen molar-refractivity contribution in [2.24, 2.45) is 5.73 Å². The summed E-state index contributed by atoms with van der Waals surface area (Å²) in [7, 11) is 0. The van der Waals surface area contributed by atoms with Gasteiger partial charge in [-0.1, -0.05) is 30.7 Å². The van der Waals surface area contributed by atoms with Gasteiger partial charge in [-0.25, -0.2) is 0 Å². The Labute approximate surface area is 206 Å². The number of primary amides is 1. The molecule has 0 spiro atoms. The molecule has 1 aliphatic heterocycles. The fourth-order valence-electron chi connectivity index (χ4n) is 4.65. The number of carbonyl (C=O) groups excluding carboxylic acids is 2. The number of thioether (sulfide) groups is 1. The van der Waals surface area contributed by atoms with Crippen molar-refractivity contribution in [2.75, 3.05) is 19.0 Å². The number of ether oxygens (including phenoxy) is 2. The Morgan fingerprint density at radius 1 is 1.11 bits per heavy atom. The molecule has 3 N–H and O–H groups in total. The average Bonchev–Trinajstić information content (AvgIpc) is 3.62. The molecule has 2 aromatic heterocycles. The molecule has 5 rings (SSSR count). The van der Waals surface area contributed by atoms with E-state index in [9.17, 15) is 9.59 Å². The molecule has 1 aliphatic carbocycles. The Bertz CT molecular complexity index is 1200. The largest absolute Gasteiger partial charge is 0.486 e. The highest BCUT2D eigenvalue weighted by atomic mass is 32.2. The molecule has 0 atom stereocenters. The summed E-state index contributed by atoms with van der Waals surface area (Å²) in [5.41, 5.74) is 5.94. The van der Waals surface area contributed by atoms with Crippen LogP contribution in [0.2, 0.25) is 0 Å². The zero-order valence-electron chi connectivity index (χ0n) is 19.2. The van der Waals surface area contributed by atoms with Gasteiger partial charge in [0.25, 0.3) is 0 Å². The Kier molecular flexibility index (Phi) is 6.67. The summed E-state index contributed by atoms with van der Waals surface area (Å²) < 4.78 is 18.6. The van der Waals surface area contributed by atoms with Crippen LogP contribution in [0.1, 0.15) is 37.7 Å². The summed E-state index contributed by atoms with van der Waals surface area (Å²) in [4.78, 5) is 24.5. The molecule has 35 heavy (non-hydrogen) atoms. The zero-order valence-corrected chi connectivity index (χ0v) is 20.0. The van der Waals surface area contributed by atoms with Crippen molar-refractivity contribution in [2.45, 2.75) is 49.3 Å². The summed E-state index contributed by atoms with van der Waals surface area (Å²) >= 11 is 1.26. The van der Waals surface area contributed by atoms with Crippen LogP contribution in [0.3, 0.4) is 0 Å². The first-order valence-electron chi connectivity index (χ1n) is 11.6. The number of benzene rings is 1. The quantitative estimate of drug-likeness (QED) is 0.431. The van der Waals surface area contributed by atoms with Crippen molar-refractivity contribution in [3.63, 3.8) is 0 Å². The molecule has 1 saturated carbocycles. The molecule has 2 amide bonds. The van der Waals surface area contributed by atoms with Crippen molar-refractivity contribution in [1.29, 1.82) is 0 Å². The standard InChI is InChI=1S/C24H27N5O5S/c25-20(30)7-10-29-22(18-4-3-11-32-18)27-28-23(29)35-15-21(31)26-24(8-1-2-9-24)16-5-6-17-19(14-16)34-13-12-33-17/h3-6,11,14H,1-2,7-10,12-13,15H2,(H2,25,30)(H,26,31). The maximum absolute atomic E-state index is 13.1. The lowest BCUT2D eigenvalue weighted by molar-refractivity contribution is -0.120. The van der Waals surface area contributed by atoms with Gasteiger partial charge in [0.2, 0.25) is 11.8 Å². The van der Waals surface area contributed by atoms with E-state index in [2.05, 4.69) is 15.5 Å². The van der Waals surface area contributed by atoms with Crippen LogP contribution in [0.25, 0.3) is 11.6 Å². The number of hydrogen-bond acceptors (Lipinski definition) is 8. The number of rotatable bonds is 9. The van der Waals surface area contributed by atoms with Gasteiger partial charge in [0.15, 0.2) is 28.2 Å². The summed E-state index contributed by atoms with van der Waals surface area (Å²) in [5, 5.41) is 12.2. The molecule has 2 aliphatic rings. The molecular weight excluding hydrogens is 470 g/mol. The Morgan fingerprint density at radius 2 is 1.91 bits per heavy atom. The van der Waals surface area contributed by atoms with Gasteiger partial charge in [-0.3, -0.25) is 14.2 Å². The van der Waals surface area contributed by atoms with Gasteiger partial charge < -0.3 is 24.9 Å². The third-order valence-corrected chi connectivity index (χ3v) is 7.27. The topological polar surface area (TPSA) is 134 Å². The van der Waals surface area contributed by atoms with Crippen LogP contribution >= 0.6 is 11.8 Å². The molecule has 1 fully saturated rings. The molecule has 0 saturated heterocycles. The van der Waals surface area contributed by atoms with Gasteiger partial charge in [-0.2, -0.15) is 0 Å². The van der Waals surface area contributed by atoms with Gasteiger partial charge in [0.1, 0.15) is 13.2 Å². The lowest BCUT2D eigenvalue weighted by atomic mass is 9.87. The minimum Gasteiger partial charge on any atom is -0.486 e. The van der Waals surface area contributed by atoms with Gasteiger partial charge in [0, 0.05) is 13.0 Å². The highest BCUT2D eigenvalue weighted by Crippen LogP contribution is 2.42. The second-order valence-corrected chi connectivity index (χ2v) is 9.58. The smallest absolute Gasteiger partial charge is 0.231 e. The predicted molar refractivity (Wildman–Crippen MR) is 128 cm³/mol. The van der Waals surface area contributed by atoms with Gasteiger partial charge in [-0.15, -0.1) is 10.2 Å². The normalized spacial score (nSPS) is 16.2. The van der Waals surface area contributed by atoms with Crippen molar-refractivity contribution >= 4 is 23.6 Å². The number of furan rings is 1. The Balaban J connectivity index is 1.30. The number of aromatic nitrogens is 3. The summed E-state index contributed by atoms with van der Waals surface area (Å²) in [6.45, 7) is 1.35. The van der Waals surface area contributed by atoms with Gasteiger partial charge >= 0.3 is 0 Å². The van der Waals surface area contributed by atoms with Crippen LogP contribution in [0, 0.1) is 0 Å². The Hall–Kier alpha value is -3.47. The molecule has 11 heteroatoms. The Morgan fingerprint density at radius 3 is 2.66 bits per heavy atom. The third-order valence-electron chi connectivity index (χ3n) is 6.30. The van der Waals surface area contributed by atoms with E-state index in [1.807, 2.05) is 18.2 Å². The number of nitrogens with zero attached hydrogens (tertiary/aromatic N) is 3. The van der Waals surface area contributed by atoms with Crippen molar-refractivity contribution in [3.8, 4) is 23.1 Å². The van der Waals surface area contributed by atoms with Crippen LogP contribution in [0.5, 0.6) is 11.5 Å². The van der Waals surface area contributed by atoms with E-state index in [1.165, 1.54) is 11.8 Å². The average molecular weight is 498 g/mol. The first-order valence-corrected chi connectivity index (χ1v) is 12.6. The van der Waals surface area contributed by atoms with Gasteiger partial charge in [0.05, 0.1) is 17.6 Å². The van der Waals surface area contributed by atoms with E-state index in [1.54, 1.807) is 23.0 Å². The molecule has 0 radical (unpaired) electrons. The highest BCUT2D eigenvalue weighted by Gasteiger charge is 2.38. The molecule has 10 nitrogen and oxygen atoms in total. The maximum Gasteiger partial charge on any atom is 0.231 e. The monoisotopic (exact) mass is 497 g/mol. The van der Waals surface area contributed by atoms with E-state index in [0.29, 0.717) is 36.5 Å². The van der Waals surface area contributed by atoms with Crippen LogP contribution in [-0.2, 0) is 21.7 Å². The second kappa shape index (κ2) is 10.0. The van der Waals surface area contributed by atoms with Crippen molar-refractivity contribution in [1.82, 2.24) is 20.1 Å². The molecule has 1 aromatic carbocycles. The number of hydrogen-bond donors (Lipinski definition) is 2. The SMILES string of the molecule is NC(=O)CCn1c(SCC(=O)NC2(c3ccc4c(c3)OCCO4)CCCC2)nnc1-c1ccco1. The predicted octanol–water partition coefficient (Wildman–Crippen LogP) is 2.86. The fourth-order valence-corrected chi connectivity index (χ4v) is 5.41. The fraction of sp³-hybridized carbons (Fsp3) is 0.417. The number of nitrogens with one attached hydrogen (secondary N) is 1. The van der Waals surface area contributed by atoms with E-state index in [-0.39, 0.29) is 18.1 Å². The van der Waals surface area contributed by atoms with Gasteiger partial charge in [-0.05, 0) is 42.7 Å². The summed E-state index contributed by atoms with van der Waals surface area (Å²) in [6.07, 6.45) is 5.47. The van der Waals surface area contributed by atoms with Crippen LogP contribution in [0.15, 0.2) is 46.2 Å². The number of fused-ring (bicyclic) bond motifs is 1. The summed E-state index contributed by atoms with van der Waals surface area (Å²) in [5.74, 6) is 2.09. The molecule has 3 aromatic rings. The molecule has 184 valence electrons. The van der Waals surface area contributed by atoms with E-state index < -0.39 is 11.4 Å². The maximum atomic E-state index is 13.1. The van der Waals surface area contributed by atoms with Crippen LogP contribution in [-0.4, -0.2) is 45.5 Å². The zero-order chi connectivity index (χ0) is 24.3. The lowest BCUT2D eigenvalue weighted by Crippen LogP contribution is -2.44. The van der Waals surface area contributed by atoms with E-state index >= 15 is 0 Å². The summed E-state index contributed by atoms with van der Waals surface area (Å²) in [6, 6.07) is 9.44.